The van der Waals surface area contributed by atoms with E-state index in [1.54, 1.807) is 38.1 Å². The van der Waals surface area contributed by atoms with Crippen LogP contribution in [0.25, 0.3) is 0 Å². The monoisotopic (exact) mass is 288 g/mol. The molecule has 0 atom stereocenters. The van der Waals surface area contributed by atoms with Gasteiger partial charge in [0, 0.05) is 19.0 Å². The second-order valence-corrected chi connectivity index (χ2v) is 4.65. The Kier molecular flexibility index (Phi) is 4.37. The highest BCUT2D eigenvalue weighted by Crippen LogP contribution is 2.19. The highest BCUT2D eigenvalue weighted by molar-refractivity contribution is 6.03. The number of hydrogen-bond acceptors (Lipinski definition) is 4. The van der Waals surface area contributed by atoms with Crippen molar-refractivity contribution in [2.75, 3.05) is 5.32 Å². The molecule has 2 aromatic rings. The van der Waals surface area contributed by atoms with Gasteiger partial charge in [-0.15, -0.1) is 0 Å². The minimum absolute atomic E-state index is 0.00727. The standard InChI is InChI=1S/C15H16N2O4/c1-9-14(21-10(2)16-9)15(20)17-12-6-4-3-5-11(12)7-8-13(18)19/h3-6H,7-8H2,1-2H3,(H,17,20)(H,18,19). The summed E-state index contributed by atoms with van der Waals surface area (Å²) >= 11 is 0. The van der Waals surface area contributed by atoms with Gasteiger partial charge in [-0.05, 0) is 25.0 Å². The van der Waals surface area contributed by atoms with Gasteiger partial charge in [0.05, 0.1) is 5.69 Å². The number of para-hydroxylation sites is 1. The number of anilines is 1. The van der Waals surface area contributed by atoms with E-state index < -0.39 is 11.9 Å². The van der Waals surface area contributed by atoms with Gasteiger partial charge in [0.15, 0.2) is 5.89 Å². The number of aryl methyl sites for hydroxylation is 3. The minimum Gasteiger partial charge on any atom is -0.481 e. The number of carbonyl (C=O) groups is 2. The van der Waals surface area contributed by atoms with Gasteiger partial charge >= 0.3 is 5.97 Å². The third-order valence-electron chi connectivity index (χ3n) is 2.98. The Bertz CT molecular complexity index is 676. The molecule has 0 radical (unpaired) electrons. The molecule has 0 bridgehead atoms. The number of rotatable bonds is 5. The van der Waals surface area contributed by atoms with Gasteiger partial charge in [-0.2, -0.15) is 0 Å². The fraction of sp³-hybridized carbons (Fsp3) is 0.267. The van der Waals surface area contributed by atoms with E-state index in [-0.39, 0.29) is 12.2 Å². The first-order valence-corrected chi connectivity index (χ1v) is 6.52. The number of nitrogens with one attached hydrogen (secondary N) is 1. The van der Waals surface area contributed by atoms with Gasteiger partial charge in [0.1, 0.15) is 0 Å². The van der Waals surface area contributed by atoms with Gasteiger partial charge in [-0.1, -0.05) is 18.2 Å². The first-order chi connectivity index (χ1) is 9.97. The summed E-state index contributed by atoms with van der Waals surface area (Å²) in [4.78, 5) is 26.9. The van der Waals surface area contributed by atoms with Gasteiger partial charge in [0.2, 0.25) is 5.76 Å². The molecule has 0 aliphatic carbocycles. The van der Waals surface area contributed by atoms with E-state index in [9.17, 15) is 9.59 Å². The molecule has 1 heterocycles. The average molecular weight is 288 g/mol. The molecule has 2 N–H and O–H groups in total. The Morgan fingerprint density at radius 3 is 2.62 bits per heavy atom. The zero-order chi connectivity index (χ0) is 15.4. The van der Waals surface area contributed by atoms with Crippen LogP contribution in [-0.4, -0.2) is 22.0 Å². The number of nitrogens with zero attached hydrogens (tertiary/aromatic N) is 1. The maximum Gasteiger partial charge on any atom is 0.303 e. The van der Waals surface area contributed by atoms with E-state index in [0.29, 0.717) is 23.7 Å². The van der Waals surface area contributed by atoms with Crippen molar-refractivity contribution in [1.29, 1.82) is 0 Å². The zero-order valence-electron chi connectivity index (χ0n) is 11.8. The van der Waals surface area contributed by atoms with Crippen LogP contribution in [0.4, 0.5) is 5.69 Å². The van der Waals surface area contributed by atoms with Crippen molar-refractivity contribution in [3.8, 4) is 0 Å². The predicted molar refractivity (Wildman–Crippen MR) is 76.3 cm³/mol. The van der Waals surface area contributed by atoms with E-state index in [2.05, 4.69) is 10.3 Å². The van der Waals surface area contributed by atoms with E-state index in [0.717, 1.165) is 5.56 Å². The van der Waals surface area contributed by atoms with E-state index >= 15 is 0 Å². The van der Waals surface area contributed by atoms with Crippen LogP contribution in [0.1, 0.15) is 34.1 Å². The SMILES string of the molecule is Cc1nc(C)c(C(=O)Nc2ccccc2CCC(=O)O)o1. The first kappa shape index (κ1) is 14.8. The predicted octanol–water partition coefficient (Wildman–Crippen LogP) is 2.56. The smallest absolute Gasteiger partial charge is 0.303 e. The Labute approximate surface area is 121 Å². The molecule has 1 aromatic heterocycles. The Balaban J connectivity index is 2.17. The number of benzene rings is 1. The summed E-state index contributed by atoms with van der Waals surface area (Å²) in [7, 11) is 0. The third-order valence-corrected chi connectivity index (χ3v) is 2.98. The van der Waals surface area contributed by atoms with Crippen LogP contribution in [-0.2, 0) is 11.2 Å². The van der Waals surface area contributed by atoms with E-state index in [4.69, 9.17) is 9.52 Å². The molecule has 0 saturated carbocycles. The lowest BCUT2D eigenvalue weighted by Crippen LogP contribution is -2.14. The molecule has 1 amide bonds. The molecule has 0 unspecified atom stereocenters. The Morgan fingerprint density at radius 2 is 2.00 bits per heavy atom. The third kappa shape index (κ3) is 3.68. The average Bonchev–Trinajstić information content (AvgIpc) is 2.76. The lowest BCUT2D eigenvalue weighted by atomic mass is 10.1. The quantitative estimate of drug-likeness (QED) is 0.882. The molecule has 0 fully saturated rings. The van der Waals surface area contributed by atoms with E-state index in [1.807, 2.05) is 0 Å². The summed E-state index contributed by atoms with van der Waals surface area (Å²) < 4.78 is 5.27. The lowest BCUT2D eigenvalue weighted by molar-refractivity contribution is -0.136. The van der Waals surface area contributed by atoms with Crippen LogP contribution in [0.15, 0.2) is 28.7 Å². The van der Waals surface area contributed by atoms with Crippen LogP contribution in [0.5, 0.6) is 0 Å². The summed E-state index contributed by atoms with van der Waals surface area (Å²) in [6.07, 6.45) is 0.355. The second kappa shape index (κ2) is 6.21. The Morgan fingerprint density at radius 1 is 1.29 bits per heavy atom. The summed E-state index contributed by atoms with van der Waals surface area (Å²) in [5, 5.41) is 11.5. The summed E-state index contributed by atoms with van der Waals surface area (Å²) in [5.74, 6) is -0.675. The highest BCUT2D eigenvalue weighted by atomic mass is 16.4. The number of hydrogen-bond donors (Lipinski definition) is 2. The molecule has 0 spiro atoms. The number of aromatic nitrogens is 1. The topological polar surface area (TPSA) is 92.4 Å². The van der Waals surface area contributed by atoms with Crippen molar-refractivity contribution in [3.05, 3.63) is 47.2 Å². The van der Waals surface area contributed by atoms with Gasteiger partial charge in [0.25, 0.3) is 5.91 Å². The normalized spacial score (nSPS) is 10.4. The summed E-state index contributed by atoms with van der Waals surface area (Å²) in [6, 6.07) is 7.10. The van der Waals surface area contributed by atoms with Crippen LogP contribution in [0, 0.1) is 13.8 Å². The Hall–Kier alpha value is -2.63. The highest BCUT2D eigenvalue weighted by Gasteiger charge is 2.17. The van der Waals surface area contributed by atoms with Gasteiger partial charge in [-0.3, -0.25) is 9.59 Å². The number of carbonyl (C=O) groups excluding carboxylic acids is 1. The second-order valence-electron chi connectivity index (χ2n) is 4.65. The van der Waals surface area contributed by atoms with Crippen LogP contribution >= 0.6 is 0 Å². The molecule has 2 rings (SSSR count). The lowest BCUT2D eigenvalue weighted by Gasteiger charge is -2.09. The molecule has 0 aliphatic rings. The fourth-order valence-electron chi connectivity index (χ4n) is 2.02. The molecule has 6 nitrogen and oxygen atoms in total. The first-order valence-electron chi connectivity index (χ1n) is 6.52. The van der Waals surface area contributed by atoms with Crippen molar-refractivity contribution < 1.29 is 19.1 Å². The van der Waals surface area contributed by atoms with Crippen molar-refractivity contribution >= 4 is 17.6 Å². The van der Waals surface area contributed by atoms with Gasteiger partial charge < -0.3 is 14.8 Å². The molecule has 0 aliphatic heterocycles. The van der Waals surface area contributed by atoms with Crippen molar-refractivity contribution in [2.45, 2.75) is 26.7 Å². The van der Waals surface area contributed by atoms with Gasteiger partial charge in [-0.25, -0.2) is 4.98 Å². The minimum atomic E-state index is -0.877. The molecule has 110 valence electrons. The number of aliphatic carboxylic acids is 1. The molecular formula is C15H16N2O4. The summed E-state index contributed by atoms with van der Waals surface area (Å²) in [6.45, 7) is 3.37. The van der Waals surface area contributed by atoms with Crippen LogP contribution in [0.3, 0.4) is 0 Å². The van der Waals surface area contributed by atoms with Crippen molar-refractivity contribution in [3.63, 3.8) is 0 Å². The zero-order valence-corrected chi connectivity index (χ0v) is 11.8. The number of amides is 1. The fourth-order valence-corrected chi connectivity index (χ4v) is 2.02. The number of carboxylic acid groups (broad SMARTS) is 1. The molecule has 1 aromatic carbocycles. The number of oxazole rings is 1. The molecular weight excluding hydrogens is 272 g/mol. The summed E-state index contributed by atoms with van der Waals surface area (Å²) in [5.41, 5.74) is 1.87. The van der Waals surface area contributed by atoms with Crippen LogP contribution < -0.4 is 5.32 Å². The molecule has 21 heavy (non-hydrogen) atoms. The van der Waals surface area contributed by atoms with Crippen LogP contribution in [0.2, 0.25) is 0 Å². The number of carboxylic acids is 1. The van der Waals surface area contributed by atoms with Crippen molar-refractivity contribution in [1.82, 2.24) is 4.98 Å². The van der Waals surface area contributed by atoms with E-state index in [1.165, 1.54) is 0 Å². The maximum atomic E-state index is 12.2. The van der Waals surface area contributed by atoms with Crippen molar-refractivity contribution in [2.24, 2.45) is 0 Å². The molecule has 6 heteroatoms. The molecule has 0 saturated heterocycles. The largest absolute Gasteiger partial charge is 0.481 e. The maximum absolute atomic E-state index is 12.2.